The van der Waals surface area contributed by atoms with Crippen molar-refractivity contribution in [3.63, 3.8) is 0 Å². The van der Waals surface area contributed by atoms with E-state index in [4.69, 9.17) is 32.8 Å². The van der Waals surface area contributed by atoms with Gasteiger partial charge in [0.15, 0.2) is 10.9 Å². The first-order valence-corrected chi connectivity index (χ1v) is 19.3. The Hall–Kier alpha value is -6.59. The van der Waals surface area contributed by atoms with E-state index in [9.17, 15) is 9.59 Å². The van der Waals surface area contributed by atoms with Crippen molar-refractivity contribution in [1.82, 2.24) is 9.88 Å². The molecule has 0 amide bonds. The van der Waals surface area contributed by atoms with E-state index in [1.807, 2.05) is 91.0 Å². The van der Waals surface area contributed by atoms with Gasteiger partial charge in [-0.25, -0.2) is 0 Å². The van der Waals surface area contributed by atoms with E-state index in [1.165, 1.54) is 12.1 Å². The standard InChI is InChI=1S/C48H42N2O8/c51-43-31-47(57-45-11-5-2-8-40(43)45)35-14-19-38(20-15-35)55-29-27-53-25-23-50(33-37-18-13-34-7-1-4-10-42(34)49-37)24-26-54-28-30-56-39-21-16-36(17-22-39)48-32-44(52)41-9-3-6-12-46(41)58-48/h1-22,31-32H,23-30,33H2. The second-order valence-electron chi connectivity index (χ2n) is 13.7. The number of aromatic nitrogens is 1. The number of hydrogen-bond acceptors (Lipinski definition) is 10. The van der Waals surface area contributed by atoms with Crippen LogP contribution in [0.25, 0.3) is 55.5 Å². The number of pyridine rings is 1. The molecule has 3 aromatic heterocycles. The summed E-state index contributed by atoms with van der Waals surface area (Å²) in [6, 6.07) is 44.7. The first kappa shape index (κ1) is 38.3. The predicted molar refractivity (Wildman–Crippen MR) is 225 cm³/mol. The van der Waals surface area contributed by atoms with Gasteiger partial charge in [-0.3, -0.25) is 19.5 Å². The van der Waals surface area contributed by atoms with Crippen LogP contribution >= 0.6 is 0 Å². The molecule has 10 nitrogen and oxygen atoms in total. The van der Waals surface area contributed by atoms with Crippen LogP contribution in [0.1, 0.15) is 5.69 Å². The number of rotatable bonds is 18. The van der Waals surface area contributed by atoms with Crippen molar-refractivity contribution in [1.29, 1.82) is 0 Å². The lowest BCUT2D eigenvalue weighted by atomic mass is 10.1. The van der Waals surface area contributed by atoms with E-state index in [0.717, 1.165) is 27.7 Å². The highest BCUT2D eigenvalue weighted by Crippen LogP contribution is 2.26. The quantitative estimate of drug-likeness (QED) is 0.0785. The minimum absolute atomic E-state index is 0.0736. The first-order valence-electron chi connectivity index (χ1n) is 19.3. The zero-order chi connectivity index (χ0) is 39.5. The van der Waals surface area contributed by atoms with Crippen LogP contribution in [-0.2, 0) is 16.0 Å². The predicted octanol–water partition coefficient (Wildman–Crippen LogP) is 8.77. The van der Waals surface area contributed by atoms with E-state index < -0.39 is 0 Å². The number of ether oxygens (including phenoxy) is 4. The fourth-order valence-corrected chi connectivity index (χ4v) is 6.65. The molecule has 0 N–H and O–H groups in total. The summed E-state index contributed by atoms with van der Waals surface area (Å²) >= 11 is 0. The number of para-hydroxylation sites is 3. The van der Waals surface area contributed by atoms with E-state index in [1.54, 1.807) is 24.3 Å². The molecule has 0 atom stereocenters. The van der Waals surface area contributed by atoms with Crippen LogP contribution in [0.3, 0.4) is 0 Å². The molecule has 58 heavy (non-hydrogen) atoms. The first-order chi connectivity index (χ1) is 28.6. The normalized spacial score (nSPS) is 11.5. The summed E-state index contributed by atoms with van der Waals surface area (Å²) < 4.78 is 35.7. The molecule has 0 spiro atoms. The van der Waals surface area contributed by atoms with Gasteiger partial charge >= 0.3 is 0 Å². The minimum Gasteiger partial charge on any atom is -0.491 e. The van der Waals surface area contributed by atoms with Crippen LogP contribution in [0.15, 0.2) is 164 Å². The third kappa shape index (κ3) is 9.67. The number of hydrogen-bond donors (Lipinski definition) is 0. The van der Waals surface area contributed by atoms with Gasteiger partial charge in [0.2, 0.25) is 0 Å². The number of nitrogens with zero attached hydrogens (tertiary/aromatic N) is 2. The van der Waals surface area contributed by atoms with Crippen molar-refractivity contribution in [2.75, 3.05) is 52.7 Å². The Kier molecular flexibility index (Phi) is 12.3. The monoisotopic (exact) mass is 774 g/mol. The number of fused-ring (bicyclic) bond motifs is 3. The Morgan fingerprint density at radius 1 is 0.500 bits per heavy atom. The highest BCUT2D eigenvalue weighted by atomic mass is 16.5. The average Bonchev–Trinajstić information content (AvgIpc) is 3.26. The highest BCUT2D eigenvalue weighted by molar-refractivity contribution is 5.80. The SMILES string of the molecule is O=c1cc(-c2ccc(OCCOCCN(CCOCCOc3ccc(-c4cc(=O)c5ccccc5o4)cc3)Cc3ccc4ccccc4n3)cc2)oc2ccccc12. The Balaban J connectivity index is 0.784. The summed E-state index contributed by atoms with van der Waals surface area (Å²) in [6.07, 6.45) is 0. The van der Waals surface area contributed by atoms with Gasteiger partial charge in [0, 0.05) is 48.3 Å². The summed E-state index contributed by atoms with van der Waals surface area (Å²) in [6.45, 7) is 4.68. The smallest absolute Gasteiger partial charge is 0.193 e. The van der Waals surface area contributed by atoms with Gasteiger partial charge in [0.25, 0.3) is 0 Å². The summed E-state index contributed by atoms with van der Waals surface area (Å²) in [4.78, 5) is 32.2. The van der Waals surface area contributed by atoms with Crippen LogP contribution in [0, 0.1) is 0 Å². The zero-order valence-corrected chi connectivity index (χ0v) is 31.9. The van der Waals surface area contributed by atoms with Crippen molar-refractivity contribution in [3.05, 3.63) is 172 Å². The van der Waals surface area contributed by atoms with Crippen LogP contribution in [0.4, 0.5) is 0 Å². The van der Waals surface area contributed by atoms with Gasteiger partial charge in [-0.05, 0) is 84.9 Å². The van der Waals surface area contributed by atoms with Gasteiger partial charge in [0.1, 0.15) is 47.4 Å². The van der Waals surface area contributed by atoms with Crippen LogP contribution in [-0.4, -0.2) is 62.6 Å². The lowest BCUT2D eigenvalue weighted by Crippen LogP contribution is -2.31. The molecule has 8 aromatic rings. The average molecular weight is 775 g/mol. The number of benzene rings is 5. The molecule has 0 aliphatic rings. The van der Waals surface area contributed by atoms with Crippen molar-refractivity contribution in [2.45, 2.75) is 6.54 Å². The molecule has 10 heteroatoms. The third-order valence-corrected chi connectivity index (χ3v) is 9.69. The van der Waals surface area contributed by atoms with Gasteiger partial charge in [-0.2, -0.15) is 0 Å². The molecule has 0 fully saturated rings. The fraction of sp³-hybridized carbons (Fsp3) is 0.188. The lowest BCUT2D eigenvalue weighted by Gasteiger charge is -2.22. The van der Waals surface area contributed by atoms with E-state index in [0.29, 0.717) is 104 Å². The Bertz CT molecular complexity index is 2580. The van der Waals surface area contributed by atoms with Gasteiger partial charge in [-0.15, -0.1) is 0 Å². The van der Waals surface area contributed by atoms with Gasteiger partial charge in [-0.1, -0.05) is 48.5 Å². The molecular formula is C48H42N2O8. The maximum atomic E-state index is 12.5. The molecule has 0 saturated heterocycles. The maximum absolute atomic E-state index is 12.5. The molecule has 0 bridgehead atoms. The molecule has 0 saturated carbocycles. The van der Waals surface area contributed by atoms with Crippen molar-refractivity contribution < 1.29 is 27.8 Å². The van der Waals surface area contributed by atoms with Crippen molar-refractivity contribution in [3.8, 4) is 34.1 Å². The summed E-state index contributed by atoms with van der Waals surface area (Å²) in [5, 5.41) is 2.23. The topological polar surface area (TPSA) is 113 Å². The Labute approximate surface area is 334 Å². The maximum Gasteiger partial charge on any atom is 0.193 e. The molecule has 0 aliphatic carbocycles. The molecule has 8 rings (SSSR count). The molecule has 292 valence electrons. The van der Waals surface area contributed by atoms with E-state index in [-0.39, 0.29) is 10.9 Å². The molecular weight excluding hydrogens is 733 g/mol. The Morgan fingerprint density at radius 3 is 1.55 bits per heavy atom. The second kappa shape index (κ2) is 18.6. The molecule has 5 aromatic carbocycles. The second-order valence-corrected chi connectivity index (χ2v) is 13.7. The molecule has 0 radical (unpaired) electrons. The van der Waals surface area contributed by atoms with E-state index in [2.05, 4.69) is 23.1 Å². The summed E-state index contributed by atoms with van der Waals surface area (Å²) in [5.41, 5.74) is 4.50. The van der Waals surface area contributed by atoms with Gasteiger partial charge < -0.3 is 27.8 Å². The van der Waals surface area contributed by atoms with Crippen molar-refractivity contribution >= 4 is 32.8 Å². The lowest BCUT2D eigenvalue weighted by molar-refractivity contribution is 0.0530. The van der Waals surface area contributed by atoms with E-state index >= 15 is 0 Å². The van der Waals surface area contributed by atoms with Crippen LogP contribution < -0.4 is 20.3 Å². The van der Waals surface area contributed by atoms with Gasteiger partial charge in [0.05, 0.1) is 48.4 Å². The molecule has 0 unspecified atom stereocenters. The minimum atomic E-state index is -0.0736. The zero-order valence-electron chi connectivity index (χ0n) is 31.9. The van der Waals surface area contributed by atoms with Crippen LogP contribution in [0.2, 0.25) is 0 Å². The highest BCUT2D eigenvalue weighted by Gasteiger charge is 2.11. The fourth-order valence-electron chi connectivity index (χ4n) is 6.65. The largest absolute Gasteiger partial charge is 0.491 e. The van der Waals surface area contributed by atoms with Crippen molar-refractivity contribution in [2.24, 2.45) is 0 Å². The summed E-state index contributed by atoms with van der Waals surface area (Å²) in [7, 11) is 0. The summed E-state index contributed by atoms with van der Waals surface area (Å²) in [5.74, 6) is 2.43. The Morgan fingerprint density at radius 2 is 1.00 bits per heavy atom. The van der Waals surface area contributed by atoms with Crippen LogP contribution in [0.5, 0.6) is 11.5 Å². The molecule has 0 aliphatic heterocycles. The molecule has 3 heterocycles. The third-order valence-electron chi connectivity index (χ3n) is 9.69.